The van der Waals surface area contributed by atoms with E-state index in [0.29, 0.717) is 47.9 Å². The Morgan fingerprint density at radius 3 is 2.41 bits per heavy atom. The number of aromatic nitrogens is 3. The number of anilines is 2. The van der Waals surface area contributed by atoms with Gasteiger partial charge in [0.15, 0.2) is 5.82 Å². The van der Waals surface area contributed by atoms with Crippen LogP contribution in [-0.4, -0.2) is 29.4 Å². The number of fused-ring (bicyclic) bond motifs is 1. The Kier molecular flexibility index (Phi) is 6.28. The molecule has 0 spiro atoms. The van der Waals surface area contributed by atoms with Gasteiger partial charge in [0.05, 0.1) is 11.4 Å². The fourth-order valence-electron chi connectivity index (χ4n) is 4.49. The number of sulfonamides is 1. The van der Waals surface area contributed by atoms with Gasteiger partial charge in [0, 0.05) is 28.8 Å². The lowest BCUT2D eigenvalue weighted by molar-refractivity contribution is -0.119. The molecule has 0 unspecified atom stereocenters. The number of hydrogen-bond donors (Lipinski definition) is 1. The summed E-state index contributed by atoms with van der Waals surface area (Å²) in [4.78, 5) is 23.6. The standard InChI is InChI=1S/C27H27N5O4S/c1-16-18(3)36-30-26(16)31-37(34,35)24-8-6-5-7-23(24)21-11-9-20(10-12-21)15-32-25(33)14-13-22-17(2)28-19(4)29-27(22)32/h5-12H,13-15H2,1-4H3,(H,30,31). The highest BCUT2D eigenvalue weighted by molar-refractivity contribution is 7.92. The van der Waals surface area contributed by atoms with Gasteiger partial charge in [0.1, 0.15) is 17.4 Å². The second-order valence-corrected chi connectivity index (χ2v) is 10.8. The zero-order valence-corrected chi connectivity index (χ0v) is 21.9. The van der Waals surface area contributed by atoms with Gasteiger partial charge in [0.25, 0.3) is 10.0 Å². The van der Waals surface area contributed by atoms with Gasteiger partial charge in [-0.1, -0.05) is 47.6 Å². The molecule has 0 saturated heterocycles. The third kappa shape index (κ3) is 4.72. The van der Waals surface area contributed by atoms with E-state index in [1.807, 2.05) is 38.1 Å². The first-order valence-electron chi connectivity index (χ1n) is 11.9. The van der Waals surface area contributed by atoms with Crippen molar-refractivity contribution >= 4 is 27.6 Å². The highest BCUT2D eigenvalue weighted by Crippen LogP contribution is 2.32. The molecule has 10 heteroatoms. The van der Waals surface area contributed by atoms with E-state index in [1.54, 1.807) is 43.0 Å². The molecule has 2 aromatic carbocycles. The van der Waals surface area contributed by atoms with E-state index >= 15 is 0 Å². The molecule has 0 atom stereocenters. The molecule has 37 heavy (non-hydrogen) atoms. The normalized spacial score (nSPS) is 13.5. The molecule has 9 nitrogen and oxygen atoms in total. The van der Waals surface area contributed by atoms with E-state index in [-0.39, 0.29) is 16.6 Å². The van der Waals surface area contributed by atoms with Crippen molar-refractivity contribution < 1.29 is 17.7 Å². The third-order valence-electron chi connectivity index (χ3n) is 6.62. The summed E-state index contributed by atoms with van der Waals surface area (Å²) >= 11 is 0. The first kappa shape index (κ1) is 24.6. The molecule has 0 aliphatic carbocycles. The summed E-state index contributed by atoms with van der Waals surface area (Å²) in [5, 5.41) is 3.82. The lowest BCUT2D eigenvalue weighted by Crippen LogP contribution is -2.36. The van der Waals surface area contributed by atoms with Gasteiger partial charge in [-0.2, -0.15) is 0 Å². The fourth-order valence-corrected chi connectivity index (χ4v) is 5.78. The Balaban J connectivity index is 1.43. The van der Waals surface area contributed by atoms with Gasteiger partial charge in [0.2, 0.25) is 5.91 Å². The summed E-state index contributed by atoms with van der Waals surface area (Å²) < 4.78 is 34.1. The van der Waals surface area contributed by atoms with Gasteiger partial charge >= 0.3 is 0 Å². The predicted molar refractivity (Wildman–Crippen MR) is 140 cm³/mol. The molecule has 0 saturated carbocycles. The number of nitrogens with one attached hydrogen (secondary N) is 1. The van der Waals surface area contributed by atoms with E-state index in [0.717, 1.165) is 22.4 Å². The summed E-state index contributed by atoms with van der Waals surface area (Å²) in [6, 6.07) is 14.3. The van der Waals surface area contributed by atoms with Crippen LogP contribution < -0.4 is 9.62 Å². The number of aryl methyl sites for hydroxylation is 3. The van der Waals surface area contributed by atoms with Crippen molar-refractivity contribution in [2.75, 3.05) is 9.62 Å². The summed E-state index contributed by atoms with van der Waals surface area (Å²) in [6.07, 6.45) is 1.06. The molecule has 3 heterocycles. The largest absolute Gasteiger partial charge is 0.359 e. The van der Waals surface area contributed by atoms with Crippen molar-refractivity contribution in [1.82, 2.24) is 15.1 Å². The number of rotatable bonds is 6. The van der Waals surface area contributed by atoms with Crippen molar-refractivity contribution in [1.29, 1.82) is 0 Å². The molecule has 1 amide bonds. The lowest BCUT2D eigenvalue weighted by Gasteiger charge is -2.29. The first-order chi connectivity index (χ1) is 17.6. The maximum absolute atomic E-state index is 13.2. The highest BCUT2D eigenvalue weighted by Gasteiger charge is 2.28. The van der Waals surface area contributed by atoms with Crippen LogP contribution in [0.25, 0.3) is 11.1 Å². The van der Waals surface area contributed by atoms with Crippen LogP contribution in [0.2, 0.25) is 0 Å². The molecular weight excluding hydrogens is 490 g/mol. The van der Waals surface area contributed by atoms with Crippen LogP contribution in [0.15, 0.2) is 57.9 Å². The van der Waals surface area contributed by atoms with Crippen molar-refractivity contribution in [3.63, 3.8) is 0 Å². The predicted octanol–water partition coefficient (Wildman–Crippen LogP) is 4.65. The Hall–Kier alpha value is -4.05. The molecule has 4 aromatic rings. The second-order valence-electron chi connectivity index (χ2n) is 9.15. The van der Waals surface area contributed by atoms with E-state index in [1.165, 1.54) is 0 Å². The van der Waals surface area contributed by atoms with E-state index < -0.39 is 10.0 Å². The fraction of sp³-hybridized carbons (Fsp3) is 0.259. The van der Waals surface area contributed by atoms with Crippen LogP contribution in [-0.2, 0) is 27.8 Å². The lowest BCUT2D eigenvalue weighted by atomic mass is 10.0. The quantitative estimate of drug-likeness (QED) is 0.396. The molecular formula is C27H27N5O4S. The average molecular weight is 518 g/mol. The van der Waals surface area contributed by atoms with Crippen LogP contribution >= 0.6 is 0 Å². The van der Waals surface area contributed by atoms with Crippen molar-refractivity contribution in [3.05, 3.63) is 82.5 Å². The zero-order valence-electron chi connectivity index (χ0n) is 21.1. The molecule has 1 aliphatic heterocycles. The Morgan fingerprint density at radius 1 is 0.973 bits per heavy atom. The SMILES string of the molecule is Cc1nc(C)c2c(n1)N(Cc1ccc(-c3ccccc3S(=O)(=O)Nc3noc(C)c3C)cc1)C(=O)CC2. The molecule has 0 radical (unpaired) electrons. The highest BCUT2D eigenvalue weighted by atomic mass is 32.2. The van der Waals surface area contributed by atoms with Crippen LogP contribution in [0.3, 0.4) is 0 Å². The molecule has 2 aromatic heterocycles. The van der Waals surface area contributed by atoms with Crippen LogP contribution in [0.4, 0.5) is 11.6 Å². The zero-order chi connectivity index (χ0) is 26.3. The van der Waals surface area contributed by atoms with E-state index in [4.69, 9.17) is 4.52 Å². The third-order valence-corrected chi connectivity index (χ3v) is 8.02. The molecule has 5 rings (SSSR count). The number of nitrogens with zero attached hydrogens (tertiary/aromatic N) is 4. The Morgan fingerprint density at radius 2 is 1.70 bits per heavy atom. The number of carbonyl (C=O) groups excluding carboxylic acids is 1. The molecule has 1 N–H and O–H groups in total. The van der Waals surface area contributed by atoms with Gasteiger partial charge in [-0.3, -0.25) is 14.4 Å². The minimum atomic E-state index is -3.92. The second kappa shape index (κ2) is 9.44. The van der Waals surface area contributed by atoms with Gasteiger partial charge < -0.3 is 4.52 Å². The summed E-state index contributed by atoms with van der Waals surface area (Å²) in [5.74, 6) is 2.05. The van der Waals surface area contributed by atoms with Crippen molar-refractivity contribution in [2.45, 2.75) is 52.0 Å². The molecule has 0 fully saturated rings. The minimum absolute atomic E-state index is 0.0231. The Labute approximate surface area is 215 Å². The maximum Gasteiger partial charge on any atom is 0.263 e. The van der Waals surface area contributed by atoms with Crippen molar-refractivity contribution in [2.24, 2.45) is 0 Å². The number of benzene rings is 2. The molecule has 0 bridgehead atoms. The van der Waals surface area contributed by atoms with Gasteiger partial charge in [-0.15, -0.1) is 0 Å². The van der Waals surface area contributed by atoms with E-state index in [2.05, 4.69) is 19.8 Å². The average Bonchev–Trinajstić information content (AvgIpc) is 3.18. The first-order valence-corrected chi connectivity index (χ1v) is 13.4. The van der Waals surface area contributed by atoms with Crippen LogP contribution in [0.5, 0.6) is 0 Å². The van der Waals surface area contributed by atoms with Crippen molar-refractivity contribution in [3.8, 4) is 11.1 Å². The summed E-state index contributed by atoms with van der Waals surface area (Å²) in [7, 11) is -3.92. The number of hydrogen-bond acceptors (Lipinski definition) is 7. The summed E-state index contributed by atoms with van der Waals surface area (Å²) in [6.45, 7) is 7.61. The molecule has 190 valence electrons. The molecule has 1 aliphatic rings. The van der Waals surface area contributed by atoms with Crippen LogP contribution in [0, 0.1) is 27.7 Å². The van der Waals surface area contributed by atoms with Crippen LogP contribution in [0.1, 0.15) is 40.4 Å². The monoisotopic (exact) mass is 517 g/mol. The topological polar surface area (TPSA) is 118 Å². The summed E-state index contributed by atoms with van der Waals surface area (Å²) in [5.41, 5.74) is 4.74. The maximum atomic E-state index is 13.2. The number of carbonyl (C=O) groups is 1. The Bertz CT molecular complexity index is 1610. The minimum Gasteiger partial charge on any atom is -0.359 e. The van der Waals surface area contributed by atoms with Gasteiger partial charge in [-0.25, -0.2) is 18.4 Å². The van der Waals surface area contributed by atoms with Gasteiger partial charge in [-0.05, 0) is 51.3 Å². The van der Waals surface area contributed by atoms with E-state index in [9.17, 15) is 13.2 Å². The smallest absolute Gasteiger partial charge is 0.263 e. The number of amides is 1.